The number of hydrogen-bond acceptors (Lipinski definition) is 8. The minimum Gasteiger partial charge on any atom is -0.497 e. The van der Waals surface area contributed by atoms with Gasteiger partial charge in [0.25, 0.3) is 11.6 Å². The van der Waals surface area contributed by atoms with E-state index in [1.807, 2.05) is 48.5 Å². The second kappa shape index (κ2) is 12.6. The largest absolute Gasteiger partial charge is 0.497 e. The maximum absolute atomic E-state index is 12.7. The SMILES string of the molecule is COc1ccc(CCOc2nc(-c3ccc(OC)cc3)n(-c3ccc(NC(=O)c4cccc([N+](=O)[O-])c4)cc3)n2)cc1. The number of nitro groups is 1. The van der Waals surface area contributed by atoms with Gasteiger partial charge < -0.3 is 19.5 Å². The lowest BCUT2D eigenvalue weighted by Gasteiger charge is -2.09. The third kappa shape index (κ3) is 6.53. The summed E-state index contributed by atoms with van der Waals surface area (Å²) in [4.78, 5) is 27.8. The molecule has 0 unspecified atom stereocenters. The molecule has 0 aliphatic rings. The highest BCUT2D eigenvalue weighted by Crippen LogP contribution is 2.26. The molecule has 42 heavy (non-hydrogen) atoms. The summed E-state index contributed by atoms with van der Waals surface area (Å²) >= 11 is 0. The molecule has 0 bridgehead atoms. The first-order valence-corrected chi connectivity index (χ1v) is 13.0. The maximum Gasteiger partial charge on any atom is 0.336 e. The van der Waals surface area contributed by atoms with Crippen molar-refractivity contribution < 1.29 is 23.9 Å². The van der Waals surface area contributed by atoms with Crippen molar-refractivity contribution in [1.29, 1.82) is 0 Å². The third-order valence-corrected chi connectivity index (χ3v) is 6.41. The zero-order valence-electron chi connectivity index (χ0n) is 22.9. The van der Waals surface area contributed by atoms with Gasteiger partial charge in [-0.3, -0.25) is 14.9 Å². The molecule has 0 spiro atoms. The van der Waals surface area contributed by atoms with Crippen molar-refractivity contribution in [1.82, 2.24) is 14.8 Å². The highest BCUT2D eigenvalue weighted by Gasteiger charge is 2.16. The first-order valence-electron chi connectivity index (χ1n) is 13.0. The number of aromatic nitrogens is 3. The van der Waals surface area contributed by atoms with Crippen LogP contribution in [0.25, 0.3) is 17.1 Å². The second-order valence-corrected chi connectivity index (χ2v) is 9.11. The molecule has 1 amide bonds. The number of rotatable bonds is 11. The smallest absolute Gasteiger partial charge is 0.336 e. The standard InChI is InChI=1S/C31H27N5O6/c1-40-27-14-6-21(7-15-27)18-19-42-31-33-29(22-8-16-28(41-2)17-9-22)35(34-31)25-12-10-24(11-13-25)32-30(37)23-4-3-5-26(20-23)36(38)39/h3-17,20H,18-19H2,1-2H3,(H,32,37). The summed E-state index contributed by atoms with van der Waals surface area (Å²) < 4.78 is 18.1. The molecular weight excluding hydrogens is 538 g/mol. The number of anilines is 1. The fourth-order valence-electron chi connectivity index (χ4n) is 4.16. The lowest BCUT2D eigenvalue weighted by molar-refractivity contribution is -0.384. The molecule has 1 aromatic heterocycles. The molecule has 5 rings (SSSR count). The van der Waals surface area contributed by atoms with Crippen molar-refractivity contribution in [2.45, 2.75) is 6.42 Å². The van der Waals surface area contributed by atoms with Crippen LogP contribution in [0.1, 0.15) is 15.9 Å². The molecule has 11 heteroatoms. The van der Waals surface area contributed by atoms with Crippen LogP contribution in [0.4, 0.5) is 11.4 Å². The van der Waals surface area contributed by atoms with E-state index in [2.05, 4.69) is 15.4 Å². The number of carbonyl (C=O) groups is 1. The van der Waals surface area contributed by atoms with Crippen molar-refractivity contribution in [3.05, 3.63) is 118 Å². The molecule has 0 atom stereocenters. The number of benzene rings is 4. The number of carbonyl (C=O) groups excluding carboxylic acids is 1. The van der Waals surface area contributed by atoms with Gasteiger partial charge in [-0.05, 0) is 72.3 Å². The first-order chi connectivity index (χ1) is 20.4. The average molecular weight is 566 g/mol. The molecule has 0 aliphatic carbocycles. The van der Waals surface area contributed by atoms with E-state index >= 15 is 0 Å². The van der Waals surface area contributed by atoms with Gasteiger partial charge in [-0.25, -0.2) is 4.68 Å². The molecule has 4 aromatic carbocycles. The Morgan fingerprint density at radius 3 is 2.21 bits per heavy atom. The number of methoxy groups -OCH3 is 2. The number of non-ortho nitro benzene ring substituents is 1. The van der Waals surface area contributed by atoms with Gasteiger partial charge in [0.1, 0.15) is 11.5 Å². The molecule has 1 heterocycles. The Kier molecular flexibility index (Phi) is 8.38. The van der Waals surface area contributed by atoms with Crippen LogP contribution >= 0.6 is 0 Å². The molecule has 0 fully saturated rings. The van der Waals surface area contributed by atoms with Crippen LogP contribution in [0.3, 0.4) is 0 Å². The zero-order chi connectivity index (χ0) is 29.5. The van der Waals surface area contributed by atoms with E-state index in [0.29, 0.717) is 36.0 Å². The van der Waals surface area contributed by atoms with Crippen LogP contribution in [0, 0.1) is 10.1 Å². The van der Waals surface area contributed by atoms with E-state index in [1.54, 1.807) is 43.2 Å². The van der Waals surface area contributed by atoms with E-state index in [0.717, 1.165) is 16.9 Å². The van der Waals surface area contributed by atoms with E-state index < -0.39 is 10.8 Å². The van der Waals surface area contributed by atoms with Gasteiger partial charge in [0.05, 0.1) is 31.4 Å². The summed E-state index contributed by atoms with van der Waals surface area (Å²) in [7, 11) is 3.23. The molecule has 212 valence electrons. The molecule has 0 saturated carbocycles. The molecule has 11 nitrogen and oxygen atoms in total. The minimum absolute atomic E-state index is 0.155. The van der Waals surface area contributed by atoms with E-state index in [-0.39, 0.29) is 17.3 Å². The highest BCUT2D eigenvalue weighted by atomic mass is 16.6. The number of amides is 1. The van der Waals surface area contributed by atoms with Crippen LogP contribution < -0.4 is 19.5 Å². The fraction of sp³-hybridized carbons (Fsp3) is 0.129. The molecule has 0 radical (unpaired) electrons. The summed E-state index contributed by atoms with van der Waals surface area (Å²) in [5.41, 5.74) is 3.12. The van der Waals surface area contributed by atoms with Gasteiger partial charge in [-0.15, -0.1) is 5.10 Å². The number of nitrogens with zero attached hydrogens (tertiary/aromatic N) is 4. The molecular formula is C31H27N5O6. The van der Waals surface area contributed by atoms with E-state index in [1.165, 1.54) is 24.3 Å². The van der Waals surface area contributed by atoms with Gasteiger partial charge in [0.2, 0.25) is 0 Å². The Morgan fingerprint density at radius 2 is 1.57 bits per heavy atom. The number of ether oxygens (including phenoxy) is 3. The lowest BCUT2D eigenvalue weighted by atomic mass is 10.1. The van der Waals surface area contributed by atoms with Gasteiger partial charge >= 0.3 is 6.01 Å². The van der Waals surface area contributed by atoms with Crippen LogP contribution in [0.5, 0.6) is 17.5 Å². The predicted octanol–water partition coefficient (Wildman–Crippen LogP) is 5.73. The quantitative estimate of drug-likeness (QED) is 0.159. The lowest BCUT2D eigenvalue weighted by Crippen LogP contribution is -2.12. The Hall–Kier alpha value is -5.71. The molecule has 0 saturated heterocycles. The van der Waals surface area contributed by atoms with Crippen molar-refractivity contribution >= 4 is 17.3 Å². The normalized spacial score (nSPS) is 10.6. The van der Waals surface area contributed by atoms with Crippen LogP contribution in [0.2, 0.25) is 0 Å². The maximum atomic E-state index is 12.7. The van der Waals surface area contributed by atoms with E-state index in [4.69, 9.17) is 14.2 Å². The zero-order valence-corrected chi connectivity index (χ0v) is 22.9. The van der Waals surface area contributed by atoms with Gasteiger partial charge in [0, 0.05) is 35.4 Å². The van der Waals surface area contributed by atoms with E-state index in [9.17, 15) is 14.9 Å². The van der Waals surface area contributed by atoms with Crippen LogP contribution in [-0.4, -0.2) is 46.4 Å². The first kappa shape index (κ1) is 27.8. The Morgan fingerprint density at radius 1 is 0.905 bits per heavy atom. The predicted molar refractivity (Wildman–Crippen MR) is 157 cm³/mol. The summed E-state index contributed by atoms with van der Waals surface area (Å²) in [5, 5.41) is 18.4. The number of nitro benzene ring substituents is 1. The average Bonchev–Trinajstić information content (AvgIpc) is 3.46. The molecule has 1 N–H and O–H groups in total. The second-order valence-electron chi connectivity index (χ2n) is 9.11. The van der Waals surface area contributed by atoms with Crippen molar-refractivity contribution in [3.63, 3.8) is 0 Å². The number of nitrogens with one attached hydrogen (secondary N) is 1. The summed E-state index contributed by atoms with van der Waals surface area (Å²) in [6.07, 6.45) is 0.662. The van der Waals surface area contributed by atoms with Crippen molar-refractivity contribution in [3.8, 4) is 34.6 Å². The summed E-state index contributed by atoms with van der Waals surface area (Å²) in [6.45, 7) is 0.376. The Balaban J connectivity index is 1.35. The van der Waals surface area contributed by atoms with Crippen molar-refractivity contribution in [2.24, 2.45) is 0 Å². The summed E-state index contributed by atoms with van der Waals surface area (Å²) in [6, 6.07) is 28.0. The molecule has 0 aliphatic heterocycles. The highest BCUT2D eigenvalue weighted by molar-refractivity contribution is 6.04. The minimum atomic E-state index is -0.541. The third-order valence-electron chi connectivity index (χ3n) is 6.41. The molecule has 5 aromatic rings. The van der Waals surface area contributed by atoms with Gasteiger partial charge in [0.15, 0.2) is 5.82 Å². The van der Waals surface area contributed by atoms with Crippen LogP contribution in [0.15, 0.2) is 97.1 Å². The Labute approximate surface area is 241 Å². The monoisotopic (exact) mass is 565 g/mol. The van der Waals surface area contributed by atoms with Gasteiger partial charge in [-0.1, -0.05) is 18.2 Å². The van der Waals surface area contributed by atoms with Crippen LogP contribution in [-0.2, 0) is 6.42 Å². The summed E-state index contributed by atoms with van der Waals surface area (Å²) in [5.74, 6) is 1.60. The fourth-order valence-corrected chi connectivity index (χ4v) is 4.16. The number of hydrogen-bond donors (Lipinski definition) is 1. The topological polar surface area (TPSA) is 131 Å². The van der Waals surface area contributed by atoms with Crippen molar-refractivity contribution in [2.75, 3.05) is 26.1 Å². The Bertz CT molecular complexity index is 1680. The van der Waals surface area contributed by atoms with Gasteiger partial charge in [-0.2, -0.15) is 4.98 Å².